The molecule has 3 rings (SSSR count). The molecule has 0 atom stereocenters. The molecule has 1 aromatic carbocycles. The number of hydrogen-bond donors (Lipinski definition) is 2. The van der Waals surface area contributed by atoms with Crippen LogP contribution in [0.25, 0.3) is 0 Å². The fraction of sp³-hybridized carbons (Fsp3) is 0.632. The molecular formula is C19H28N2O. The quantitative estimate of drug-likeness (QED) is 0.813. The first-order chi connectivity index (χ1) is 10.7. The topological polar surface area (TPSA) is 41.1 Å². The second-order valence-corrected chi connectivity index (χ2v) is 7.21. The number of carbonyl (C=O) groups is 1. The predicted octanol–water partition coefficient (Wildman–Crippen LogP) is 2.92. The van der Waals surface area contributed by atoms with Gasteiger partial charge in [0.05, 0.1) is 6.54 Å². The summed E-state index contributed by atoms with van der Waals surface area (Å²) in [5.41, 5.74) is 2.86. The van der Waals surface area contributed by atoms with Crippen molar-refractivity contribution in [2.75, 3.05) is 19.6 Å². The summed E-state index contributed by atoms with van der Waals surface area (Å²) in [4.78, 5) is 12.1. The highest BCUT2D eigenvalue weighted by Gasteiger charge is 2.35. The lowest BCUT2D eigenvalue weighted by Crippen LogP contribution is -2.42. The van der Waals surface area contributed by atoms with Gasteiger partial charge in [-0.1, -0.05) is 42.7 Å². The van der Waals surface area contributed by atoms with Crippen molar-refractivity contribution >= 4 is 5.91 Å². The first-order valence-corrected chi connectivity index (χ1v) is 8.73. The maximum absolute atomic E-state index is 12.1. The van der Waals surface area contributed by atoms with Crippen LogP contribution in [0.4, 0.5) is 0 Å². The van der Waals surface area contributed by atoms with Crippen molar-refractivity contribution < 1.29 is 4.79 Å². The van der Waals surface area contributed by atoms with E-state index in [4.69, 9.17) is 0 Å². The molecule has 2 saturated carbocycles. The van der Waals surface area contributed by atoms with Gasteiger partial charge in [0, 0.05) is 12.0 Å². The molecule has 0 aliphatic heterocycles. The molecule has 120 valence electrons. The van der Waals surface area contributed by atoms with E-state index >= 15 is 0 Å². The number of carbonyl (C=O) groups excluding carboxylic acids is 1. The standard InChI is InChI=1S/C19H28N2O/c1-15-5-4-6-17(11-15)19(9-2-3-10-19)14-21-18(22)13-20-12-16-7-8-16/h4-6,11,16,20H,2-3,7-10,12-14H2,1H3,(H,21,22). The third kappa shape index (κ3) is 3.89. The van der Waals surface area contributed by atoms with Gasteiger partial charge >= 0.3 is 0 Å². The van der Waals surface area contributed by atoms with Crippen molar-refractivity contribution in [3.05, 3.63) is 35.4 Å². The molecule has 0 saturated heterocycles. The van der Waals surface area contributed by atoms with Gasteiger partial charge in [0.1, 0.15) is 0 Å². The molecule has 2 aliphatic rings. The molecule has 0 bridgehead atoms. The van der Waals surface area contributed by atoms with Gasteiger partial charge in [-0.15, -0.1) is 0 Å². The van der Waals surface area contributed by atoms with Gasteiger partial charge in [-0.05, 0) is 50.6 Å². The third-order valence-electron chi connectivity index (χ3n) is 5.23. The molecule has 1 aromatic rings. The highest BCUT2D eigenvalue weighted by atomic mass is 16.1. The van der Waals surface area contributed by atoms with E-state index in [2.05, 4.69) is 41.8 Å². The average molecular weight is 300 g/mol. The Morgan fingerprint density at radius 1 is 1.27 bits per heavy atom. The third-order valence-corrected chi connectivity index (χ3v) is 5.23. The summed E-state index contributed by atoms with van der Waals surface area (Å²) in [5, 5.41) is 6.45. The average Bonchev–Trinajstić information content (AvgIpc) is 3.21. The lowest BCUT2D eigenvalue weighted by molar-refractivity contribution is -0.120. The molecule has 2 fully saturated rings. The molecule has 2 N–H and O–H groups in total. The molecule has 2 aliphatic carbocycles. The van der Waals surface area contributed by atoms with Gasteiger partial charge in [-0.2, -0.15) is 0 Å². The number of aryl methyl sites for hydroxylation is 1. The monoisotopic (exact) mass is 300 g/mol. The summed E-state index contributed by atoms with van der Waals surface area (Å²) in [6, 6.07) is 8.81. The van der Waals surface area contributed by atoms with Gasteiger partial charge in [-0.3, -0.25) is 4.79 Å². The normalized spacial score (nSPS) is 20.0. The van der Waals surface area contributed by atoms with Crippen molar-refractivity contribution in [3.63, 3.8) is 0 Å². The second kappa shape index (κ2) is 6.82. The minimum Gasteiger partial charge on any atom is -0.354 e. The van der Waals surface area contributed by atoms with E-state index in [0.29, 0.717) is 6.54 Å². The van der Waals surface area contributed by atoms with Gasteiger partial charge in [0.25, 0.3) is 0 Å². The SMILES string of the molecule is Cc1cccc(C2(CNC(=O)CNCC3CC3)CCCC2)c1. The Bertz CT molecular complexity index is 516. The molecule has 0 aromatic heterocycles. The van der Waals surface area contributed by atoms with Crippen LogP contribution in [-0.2, 0) is 10.2 Å². The molecular weight excluding hydrogens is 272 g/mol. The van der Waals surface area contributed by atoms with E-state index in [1.54, 1.807) is 0 Å². The smallest absolute Gasteiger partial charge is 0.233 e. The number of rotatable bonds is 7. The fourth-order valence-electron chi connectivity index (χ4n) is 3.64. The lowest BCUT2D eigenvalue weighted by Gasteiger charge is -2.30. The Morgan fingerprint density at radius 3 is 2.73 bits per heavy atom. The second-order valence-electron chi connectivity index (χ2n) is 7.21. The molecule has 1 amide bonds. The van der Waals surface area contributed by atoms with Crippen LogP contribution < -0.4 is 10.6 Å². The Hall–Kier alpha value is -1.35. The number of amides is 1. The van der Waals surface area contributed by atoms with Crippen molar-refractivity contribution in [2.45, 2.75) is 50.9 Å². The van der Waals surface area contributed by atoms with Crippen LogP contribution in [0.2, 0.25) is 0 Å². The van der Waals surface area contributed by atoms with E-state index < -0.39 is 0 Å². The zero-order chi connectivity index (χ0) is 15.4. The number of hydrogen-bond acceptors (Lipinski definition) is 2. The summed E-state index contributed by atoms with van der Waals surface area (Å²) in [6.45, 7) is 4.38. The highest BCUT2D eigenvalue weighted by Crippen LogP contribution is 2.40. The Labute approximate surface area is 133 Å². The highest BCUT2D eigenvalue weighted by molar-refractivity contribution is 5.78. The van der Waals surface area contributed by atoms with Crippen LogP contribution >= 0.6 is 0 Å². The van der Waals surface area contributed by atoms with E-state index in [1.165, 1.54) is 49.7 Å². The van der Waals surface area contributed by atoms with Crippen LogP contribution in [0.15, 0.2) is 24.3 Å². The van der Waals surface area contributed by atoms with Crippen molar-refractivity contribution in [3.8, 4) is 0 Å². The Kier molecular flexibility index (Phi) is 4.82. The van der Waals surface area contributed by atoms with Crippen molar-refractivity contribution in [2.24, 2.45) is 5.92 Å². The maximum atomic E-state index is 12.1. The molecule has 0 unspecified atom stereocenters. The molecule has 0 spiro atoms. The van der Waals surface area contributed by atoms with Crippen LogP contribution in [0.3, 0.4) is 0 Å². The van der Waals surface area contributed by atoms with Gasteiger partial charge in [-0.25, -0.2) is 0 Å². The van der Waals surface area contributed by atoms with Crippen LogP contribution in [0, 0.1) is 12.8 Å². The van der Waals surface area contributed by atoms with Crippen LogP contribution in [0.5, 0.6) is 0 Å². The Morgan fingerprint density at radius 2 is 2.05 bits per heavy atom. The number of nitrogens with one attached hydrogen (secondary N) is 2. The lowest BCUT2D eigenvalue weighted by atomic mass is 9.78. The van der Waals surface area contributed by atoms with Gasteiger partial charge < -0.3 is 10.6 Å². The summed E-state index contributed by atoms with van der Waals surface area (Å²) in [5.74, 6) is 0.959. The van der Waals surface area contributed by atoms with Crippen LogP contribution in [-0.4, -0.2) is 25.5 Å². The minimum atomic E-state index is 0.138. The van der Waals surface area contributed by atoms with Crippen LogP contribution in [0.1, 0.15) is 49.7 Å². The summed E-state index contributed by atoms with van der Waals surface area (Å²) in [6.07, 6.45) is 7.56. The first-order valence-electron chi connectivity index (χ1n) is 8.73. The van der Waals surface area contributed by atoms with E-state index in [-0.39, 0.29) is 11.3 Å². The van der Waals surface area contributed by atoms with Crippen molar-refractivity contribution in [1.29, 1.82) is 0 Å². The van der Waals surface area contributed by atoms with E-state index in [0.717, 1.165) is 19.0 Å². The molecule has 0 radical (unpaired) electrons. The molecule has 3 nitrogen and oxygen atoms in total. The van der Waals surface area contributed by atoms with Gasteiger partial charge in [0.2, 0.25) is 5.91 Å². The molecule has 0 heterocycles. The summed E-state index contributed by atoms with van der Waals surface area (Å²) in [7, 11) is 0. The minimum absolute atomic E-state index is 0.138. The Balaban J connectivity index is 1.55. The van der Waals surface area contributed by atoms with Crippen molar-refractivity contribution in [1.82, 2.24) is 10.6 Å². The summed E-state index contributed by atoms with van der Waals surface area (Å²) < 4.78 is 0. The summed E-state index contributed by atoms with van der Waals surface area (Å²) >= 11 is 0. The zero-order valence-electron chi connectivity index (χ0n) is 13.7. The largest absolute Gasteiger partial charge is 0.354 e. The fourth-order valence-corrected chi connectivity index (χ4v) is 3.64. The maximum Gasteiger partial charge on any atom is 0.233 e. The number of benzene rings is 1. The molecule has 3 heteroatoms. The van der Waals surface area contributed by atoms with E-state index in [9.17, 15) is 4.79 Å². The first kappa shape index (κ1) is 15.5. The van der Waals surface area contributed by atoms with Gasteiger partial charge in [0.15, 0.2) is 0 Å². The zero-order valence-corrected chi connectivity index (χ0v) is 13.7. The van der Waals surface area contributed by atoms with E-state index in [1.807, 2.05) is 0 Å². The molecule has 22 heavy (non-hydrogen) atoms. The predicted molar refractivity (Wildman–Crippen MR) is 89.9 cm³/mol.